The quantitative estimate of drug-likeness (QED) is 0.842. The van der Waals surface area contributed by atoms with Gasteiger partial charge in [0.05, 0.1) is 12.9 Å². The highest BCUT2D eigenvalue weighted by molar-refractivity contribution is 9.10. The molecule has 1 fully saturated rings. The van der Waals surface area contributed by atoms with Crippen LogP contribution in [0.15, 0.2) is 21.4 Å². The average molecular weight is 276 g/mol. The van der Waals surface area contributed by atoms with Crippen molar-refractivity contribution in [3.05, 3.63) is 22.6 Å². The van der Waals surface area contributed by atoms with Gasteiger partial charge in [0, 0.05) is 12.1 Å². The van der Waals surface area contributed by atoms with Gasteiger partial charge in [0.25, 0.3) is 0 Å². The molecule has 2 rings (SSSR count). The molecule has 4 heteroatoms. The van der Waals surface area contributed by atoms with Gasteiger partial charge in [0.15, 0.2) is 4.67 Å². The Kier molecular flexibility index (Phi) is 3.81. The minimum atomic E-state index is -0.162. The molecule has 0 saturated carbocycles. The van der Waals surface area contributed by atoms with E-state index in [1.54, 1.807) is 6.26 Å². The molecule has 1 aromatic rings. The van der Waals surface area contributed by atoms with Crippen LogP contribution in [0.1, 0.15) is 18.4 Å². The van der Waals surface area contributed by atoms with Crippen molar-refractivity contribution in [2.75, 3.05) is 19.8 Å². The lowest BCUT2D eigenvalue weighted by atomic mass is 9.98. The van der Waals surface area contributed by atoms with Crippen molar-refractivity contribution in [2.24, 2.45) is 5.92 Å². The van der Waals surface area contributed by atoms with E-state index >= 15 is 0 Å². The highest BCUT2D eigenvalue weighted by Crippen LogP contribution is 2.21. The topological polar surface area (TPSA) is 16.4 Å². The van der Waals surface area contributed by atoms with Crippen LogP contribution in [0.5, 0.6) is 0 Å². The first-order chi connectivity index (χ1) is 7.28. The fourth-order valence-corrected chi connectivity index (χ4v) is 2.37. The molecule has 0 aliphatic carbocycles. The second kappa shape index (κ2) is 5.12. The molecule has 2 nitrogen and oxygen atoms in total. The smallest absolute Gasteiger partial charge is 0.169 e. The summed E-state index contributed by atoms with van der Waals surface area (Å²) in [5.74, 6) is 0.289. The summed E-state index contributed by atoms with van der Waals surface area (Å²) >= 11 is 3.28. The summed E-state index contributed by atoms with van der Waals surface area (Å²) in [6.45, 7) is 2.74. The van der Waals surface area contributed by atoms with Crippen LogP contribution in [0, 0.1) is 5.92 Å². The molecule has 1 aromatic heterocycles. The summed E-state index contributed by atoms with van der Waals surface area (Å²) < 4.78 is 18.3. The Morgan fingerprint density at radius 2 is 2.20 bits per heavy atom. The molecule has 1 aliphatic heterocycles. The maximum absolute atomic E-state index is 12.4. The summed E-state index contributed by atoms with van der Waals surface area (Å²) in [6.07, 6.45) is 3.73. The lowest BCUT2D eigenvalue weighted by Gasteiger charge is -2.30. The van der Waals surface area contributed by atoms with Crippen LogP contribution in [0.2, 0.25) is 0 Å². The van der Waals surface area contributed by atoms with E-state index in [0.29, 0.717) is 0 Å². The molecule has 15 heavy (non-hydrogen) atoms. The van der Waals surface area contributed by atoms with Gasteiger partial charge >= 0.3 is 0 Å². The standard InChI is InChI=1S/C11H15BrFNO/c12-11-5-10(8-15-11)7-14-3-1-9(6-13)2-4-14/h5,8-9H,1-4,6-7H2. The molecule has 0 atom stereocenters. The average Bonchev–Trinajstić information content (AvgIpc) is 2.65. The van der Waals surface area contributed by atoms with E-state index in [1.165, 1.54) is 5.56 Å². The van der Waals surface area contributed by atoms with E-state index < -0.39 is 0 Å². The van der Waals surface area contributed by atoms with E-state index in [4.69, 9.17) is 4.42 Å². The van der Waals surface area contributed by atoms with E-state index in [0.717, 1.165) is 37.1 Å². The van der Waals surface area contributed by atoms with Gasteiger partial charge in [-0.15, -0.1) is 0 Å². The maximum atomic E-state index is 12.4. The predicted molar refractivity (Wildman–Crippen MR) is 60.4 cm³/mol. The summed E-state index contributed by atoms with van der Waals surface area (Å²) in [4.78, 5) is 2.35. The predicted octanol–water partition coefficient (Wildman–Crippen LogP) is 3.22. The number of nitrogens with zero attached hydrogens (tertiary/aromatic N) is 1. The van der Waals surface area contributed by atoms with Gasteiger partial charge in [-0.25, -0.2) is 0 Å². The lowest BCUT2D eigenvalue weighted by Crippen LogP contribution is -2.33. The van der Waals surface area contributed by atoms with Crippen molar-refractivity contribution in [2.45, 2.75) is 19.4 Å². The van der Waals surface area contributed by atoms with Crippen molar-refractivity contribution in [3.8, 4) is 0 Å². The first-order valence-corrected chi connectivity index (χ1v) is 6.08. The van der Waals surface area contributed by atoms with Crippen LogP contribution >= 0.6 is 15.9 Å². The fourth-order valence-electron chi connectivity index (χ4n) is 1.99. The number of piperidine rings is 1. The van der Waals surface area contributed by atoms with E-state index in [9.17, 15) is 4.39 Å². The molecule has 0 bridgehead atoms. The van der Waals surface area contributed by atoms with Gasteiger partial charge in [-0.3, -0.25) is 9.29 Å². The first kappa shape index (κ1) is 11.1. The Morgan fingerprint density at radius 1 is 1.47 bits per heavy atom. The number of halogens is 2. The number of furan rings is 1. The van der Waals surface area contributed by atoms with Crippen LogP contribution in [0.4, 0.5) is 4.39 Å². The van der Waals surface area contributed by atoms with Crippen molar-refractivity contribution < 1.29 is 8.81 Å². The minimum Gasteiger partial charge on any atom is -0.457 e. The summed E-state index contributed by atoms with van der Waals surface area (Å²) in [7, 11) is 0. The van der Waals surface area contributed by atoms with Crippen molar-refractivity contribution in [1.29, 1.82) is 0 Å². The van der Waals surface area contributed by atoms with Gasteiger partial charge in [0.1, 0.15) is 0 Å². The second-order valence-corrected chi connectivity index (χ2v) is 4.91. The molecule has 1 aliphatic rings. The number of hydrogen-bond donors (Lipinski definition) is 0. The molecule has 0 N–H and O–H groups in total. The molecular weight excluding hydrogens is 261 g/mol. The molecule has 0 spiro atoms. The monoisotopic (exact) mass is 275 g/mol. The second-order valence-electron chi connectivity index (χ2n) is 4.13. The van der Waals surface area contributed by atoms with Gasteiger partial charge in [0.2, 0.25) is 0 Å². The van der Waals surface area contributed by atoms with E-state index in [2.05, 4.69) is 20.8 Å². The van der Waals surface area contributed by atoms with Gasteiger partial charge in [-0.05, 0) is 53.8 Å². The third kappa shape index (κ3) is 3.05. The van der Waals surface area contributed by atoms with E-state index in [1.807, 2.05) is 6.07 Å². The molecule has 0 amide bonds. The van der Waals surface area contributed by atoms with Gasteiger partial charge in [-0.2, -0.15) is 0 Å². The number of rotatable bonds is 3. The molecule has 0 radical (unpaired) electrons. The zero-order valence-corrected chi connectivity index (χ0v) is 10.2. The maximum Gasteiger partial charge on any atom is 0.169 e. The summed E-state index contributed by atoms with van der Waals surface area (Å²) in [5, 5.41) is 0. The zero-order valence-electron chi connectivity index (χ0n) is 8.59. The van der Waals surface area contributed by atoms with Crippen molar-refractivity contribution >= 4 is 15.9 Å². The Bertz CT molecular complexity index is 307. The first-order valence-electron chi connectivity index (χ1n) is 5.29. The van der Waals surface area contributed by atoms with Crippen LogP contribution in [0.3, 0.4) is 0 Å². The summed E-state index contributed by atoms with van der Waals surface area (Å²) in [5.41, 5.74) is 1.18. The highest BCUT2D eigenvalue weighted by atomic mass is 79.9. The Labute approximate surface area is 97.6 Å². The minimum absolute atomic E-state index is 0.162. The van der Waals surface area contributed by atoms with Gasteiger partial charge < -0.3 is 4.42 Å². The number of alkyl halides is 1. The fraction of sp³-hybridized carbons (Fsp3) is 0.636. The largest absolute Gasteiger partial charge is 0.457 e. The lowest BCUT2D eigenvalue weighted by molar-refractivity contribution is 0.159. The number of hydrogen-bond acceptors (Lipinski definition) is 2. The molecule has 0 unspecified atom stereocenters. The molecular formula is C11H15BrFNO. The van der Waals surface area contributed by atoms with Gasteiger partial charge in [-0.1, -0.05) is 0 Å². The molecule has 1 saturated heterocycles. The SMILES string of the molecule is FCC1CCN(Cc2coc(Br)c2)CC1. The van der Waals surface area contributed by atoms with Crippen LogP contribution in [0.25, 0.3) is 0 Å². The highest BCUT2D eigenvalue weighted by Gasteiger charge is 2.19. The Balaban J connectivity index is 1.82. The zero-order chi connectivity index (χ0) is 10.7. The third-order valence-electron chi connectivity index (χ3n) is 2.95. The Hall–Kier alpha value is -0.350. The van der Waals surface area contributed by atoms with Crippen LogP contribution in [-0.4, -0.2) is 24.7 Å². The van der Waals surface area contributed by atoms with E-state index in [-0.39, 0.29) is 12.6 Å². The van der Waals surface area contributed by atoms with Crippen LogP contribution in [-0.2, 0) is 6.54 Å². The molecule has 84 valence electrons. The molecule has 2 heterocycles. The number of likely N-dealkylation sites (tertiary alicyclic amines) is 1. The van der Waals surface area contributed by atoms with Crippen molar-refractivity contribution in [3.63, 3.8) is 0 Å². The third-order valence-corrected chi connectivity index (χ3v) is 3.37. The normalized spacial score (nSPS) is 19.6. The Morgan fingerprint density at radius 3 is 2.73 bits per heavy atom. The summed E-state index contributed by atoms with van der Waals surface area (Å²) in [6, 6.07) is 1.99. The molecule has 0 aromatic carbocycles. The van der Waals surface area contributed by atoms with Crippen molar-refractivity contribution in [1.82, 2.24) is 4.90 Å². The van der Waals surface area contributed by atoms with Crippen LogP contribution < -0.4 is 0 Å².